The molecule has 0 bridgehead atoms. The topological polar surface area (TPSA) is 61.7 Å². The van der Waals surface area contributed by atoms with Crippen molar-refractivity contribution in [2.24, 2.45) is 22.4 Å². The van der Waals surface area contributed by atoms with E-state index in [0.717, 1.165) is 23.6 Å². The maximum atomic E-state index is 12.4. The molecule has 0 aliphatic heterocycles. The molecule has 0 saturated heterocycles. The lowest BCUT2D eigenvalue weighted by Crippen LogP contribution is -2.22. The summed E-state index contributed by atoms with van der Waals surface area (Å²) in [6.07, 6.45) is 6.30. The van der Waals surface area contributed by atoms with Crippen molar-refractivity contribution in [1.82, 2.24) is 5.43 Å². The molecule has 0 heterocycles. The summed E-state index contributed by atoms with van der Waals surface area (Å²) in [5.74, 6) is 0.796. The summed E-state index contributed by atoms with van der Waals surface area (Å²) in [7, 11) is 0. The molecular formula is C20H22N2O2. The van der Waals surface area contributed by atoms with Crippen LogP contribution in [0.5, 0.6) is 5.75 Å². The Morgan fingerprint density at radius 3 is 2.92 bits per heavy atom. The van der Waals surface area contributed by atoms with Gasteiger partial charge >= 0.3 is 0 Å². The van der Waals surface area contributed by atoms with E-state index in [1.807, 2.05) is 30.3 Å². The number of amides is 1. The van der Waals surface area contributed by atoms with Gasteiger partial charge in [0.15, 0.2) is 0 Å². The molecule has 4 nitrogen and oxygen atoms in total. The number of phenolic OH excluding ortho intramolecular Hbond substituents is 1. The highest BCUT2D eigenvalue weighted by molar-refractivity contribution is 6.02. The quantitative estimate of drug-likeness (QED) is 0.666. The van der Waals surface area contributed by atoms with Gasteiger partial charge in [0, 0.05) is 11.5 Å². The standard InChI is InChI=1S/C20H22N2O2/c1-20-11-5-4-8-16(20)18(20)19(24)22-21-12-15-14-7-3-2-6-13(14)9-10-17(15)23/h2-3,6-7,9-10,12,16,18,23H,4-5,8,11H2,1H3,(H,22,24)/b21-12-/t16-,18-,20+/m1/s1. The number of carbonyl (C=O) groups is 1. The fourth-order valence-electron chi connectivity index (χ4n) is 4.50. The zero-order valence-corrected chi connectivity index (χ0v) is 13.8. The Kier molecular flexibility index (Phi) is 3.56. The number of nitrogens with zero attached hydrogens (tertiary/aromatic N) is 1. The number of hydrazone groups is 1. The second-order valence-corrected chi connectivity index (χ2v) is 7.29. The van der Waals surface area contributed by atoms with E-state index in [-0.39, 0.29) is 23.0 Å². The third-order valence-corrected chi connectivity index (χ3v) is 5.93. The van der Waals surface area contributed by atoms with Crippen LogP contribution >= 0.6 is 0 Å². The molecule has 2 N–H and O–H groups in total. The highest BCUT2D eigenvalue weighted by Gasteiger charge is 2.64. The second-order valence-electron chi connectivity index (χ2n) is 7.29. The van der Waals surface area contributed by atoms with Crippen molar-refractivity contribution in [3.05, 3.63) is 42.0 Å². The summed E-state index contributed by atoms with van der Waals surface area (Å²) in [4.78, 5) is 12.4. The van der Waals surface area contributed by atoms with Crippen molar-refractivity contribution < 1.29 is 9.90 Å². The summed E-state index contributed by atoms with van der Waals surface area (Å²) >= 11 is 0. The monoisotopic (exact) mass is 322 g/mol. The summed E-state index contributed by atoms with van der Waals surface area (Å²) in [6, 6.07) is 11.3. The Balaban J connectivity index is 1.51. The van der Waals surface area contributed by atoms with Crippen LogP contribution in [0.3, 0.4) is 0 Å². The maximum Gasteiger partial charge on any atom is 0.244 e. The lowest BCUT2D eigenvalue weighted by atomic mass is 9.90. The molecule has 4 rings (SSSR count). The molecule has 2 aromatic rings. The van der Waals surface area contributed by atoms with Gasteiger partial charge < -0.3 is 5.11 Å². The average Bonchev–Trinajstić information content (AvgIpc) is 3.22. The molecule has 124 valence electrons. The molecule has 3 atom stereocenters. The highest BCUT2D eigenvalue weighted by atomic mass is 16.3. The van der Waals surface area contributed by atoms with Gasteiger partial charge in [0.2, 0.25) is 5.91 Å². The fourth-order valence-corrected chi connectivity index (χ4v) is 4.50. The van der Waals surface area contributed by atoms with E-state index in [1.165, 1.54) is 12.8 Å². The van der Waals surface area contributed by atoms with E-state index in [4.69, 9.17) is 0 Å². The SMILES string of the molecule is C[C@]12CCCC[C@@H]1[C@@H]2C(=O)N/N=C\c1c(O)ccc2ccccc12. The minimum atomic E-state index is 0.0142. The number of fused-ring (bicyclic) bond motifs is 2. The van der Waals surface area contributed by atoms with Crippen LogP contribution in [0.1, 0.15) is 38.2 Å². The van der Waals surface area contributed by atoms with E-state index in [1.54, 1.807) is 12.3 Å². The van der Waals surface area contributed by atoms with Crippen molar-refractivity contribution >= 4 is 22.9 Å². The van der Waals surface area contributed by atoms with E-state index < -0.39 is 0 Å². The van der Waals surface area contributed by atoms with Crippen LogP contribution in [-0.4, -0.2) is 17.2 Å². The van der Waals surface area contributed by atoms with Crippen LogP contribution in [0.4, 0.5) is 0 Å². The Bertz CT molecular complexity index is 829. The fraction of sp³-hybridized carbons (Fsp3) is 0.400. The first kappa shape index (κ1) is 15.2. The molecule has 0 aromatic heterocycles. The van der Waals surface area contributed by atoms with E-state index in [0.29, 0.717) is 11.5 Å². The van der Waals surface area contributed by atoms with Crippen LogP contribution in [0, 0.1) is 17.3 Å². The lowest BCUT2D eigenvalue weighted by Gasteiger charge is -2.15. The van der Waals surface area contributed by atoms with Gasteiger partial charge in [-0.05, 0) is 41.0 Å². The third kappa shape index (κ3) is 2.37. The van der Waals surface area contributed by atoms with Crippen molar-refractivity contribution in [3.63, 3.8) is 0 Å². The number of benzene rings is 2. The lowest BCUT2D eigenvalue weighted by molar-refractivity contribution is -0.123. The number of hydrogen-bond acceptors (Lipinski definition) is 3. The molecule has 0 radical (unpaired) electrons. The highest BCUT2D eigenvalue weighted by Crippen LogP contribution is 2.66. The zero-order chi connectivity index (χ0) is 16.7. The molecule has 2 aliphatic rings. The normalized spacial score (nSPS) is 28.7. The third-order valence-electron chi connectivity index (χ3n) is 5.93. The molecule has 1 amide bonds. The number of phenols is 1. The number of aromatic hydroxyl groups is 1. The average molecular weight is 322 g/mol. The first-order valence-electron chi connectivity index (χ1n) is 8.65. The van der Waals surface area contributed by atoms with Crippen LogP contribution in [-0.2, 0) is 4.79 Å². The van der Waals surface area contributed by atoms with Gasteiger partial charge in [-0.25, -0.2) is 5.43 Å². The molecule has 0 unspecified atom stereocenters. The molecule has 4 heteroatoms. The van der Waals surface area contributed by atoms with Crippen LogP contribution in [0.2, 0.25) is 0 Å². The number of carbonyl (C=O) groups excluding carboxylic acids is 1. The largest absolute Gasteiger partial charge is 0.507 e. The smallest absolute Gasteiger partial charge is 0.244 e. The minimum absolute atomic E-state index is 0.0142. The van der Waals surface area contributed by atoms with Gasteiger partial charge in [-0.1, -0.05) is 50.1 Å². The summed E-state index contributed by atoms with van der Waals surface area (Å²) in [5.41, 5.74) is 3.50. The molecule has 24 heavy (non-hydrogen) atoms. The van der Waals surface area contributed by atoms with Gasteiger partial charge in [-0.3, -0.25) is 4.79 Å². The first-order valence-corrected chi connectivity index (χ1v) is 8.65. The maximum absolute atomic E-state index is 12.4. The van der Waals surface area contributed by atoms with E-state index >= 15 is 0 Å². The minimum Gasteiger partial charge on any atom is -0.507 e. The first-order chi connectivity index (χ1) is 11.6. The summed E-state index contributed by atoms with van der Waals surface area (Å²) in [5, 5.41) is 16.2. The molecule has 2 saturated carbocycles. The van der Waals surface area contributed by atoms with Crippen molar-refractivity contribution in [3.8, 4) is 5.75 Å². The Morgan fingerprint density at radius 2 is 2.12 bits per heavy atom. The Hall–Kier alpha value is -2.36. The van der Waals surface area contributed by atoms with Gasteiger partial charge in [0.1, 0.15) is 5.75 Å². The Morgan fingerprint density at radius 1 is 1.29 bits per heavy atom. The molecule has 0 spiro atoms. The van der Waals surface area contributed by atoms with E-state index in [9.17, 15) is 9.90 Å². The molecule has 2 fully saturated rings. The van der Waals surface area contributed by atoms with Crippen LogP contribution in [0.25, 0.3) is 10.8 Å². The van der Waals surface area contributed by atoms with Gasteiger partial charge in [0.05, 0.1) is 6.21 Å². The van der Waals surface area contributed by atoms with Crippen molar-refractivity contribution in [2.45, 2.75) is 32.6 Å². The van der Waals surface area contributed by atoms with Gasteiger partial charge in [0.25, 0.3) is 0 Å². The van der Waals surface area contributed by atoms with E-state index in [2.05, 4.69) is 17.5 Å². The van der Waals surface area contributed by atoms with Crippen molar-refractivity contribution in [2.75, 3.05) is 0 Å². The van der Waals surface area contributed by atoms with Crippen molar-refractivity contribution in [1.29, 1.82) is 0 Å². The van der Waals surface area contributed by atoms with Gasteiger partial charge in [-0.2, -0.15) is 5.10 Å². The second kappa shape index (κ2) is 5.62. The van der Waals surface area contributed by atoms with Crippen LogP contribution in [0.15, 0.2) is 41.5 Å². The summed E-state index contributed by atoms with van der Waals surface area (Å²) < 4.78 is 0. The summed E-state index contributed by atoms with van der Waals surface area (Å²) in [6.45, 7) is 2.22. The molecule has 2 aliphatic carbocycles. The zero-order valence-electron chi connectivity index (χ0n) is 13.8. The Labute approximate surface area is 141 Å². The van der Waals surface area contributed by atoms with Gasteiger partial charge in [-0.15, -0.1) is 0 Å². The molecule has 2 aromatic carbocycles. The number of hydrogen-bond donors (Lipinski definition) is 2. The predicted molar refractivity (Wildman–Crippen MR) is 94.9 cm³/mol. The number of nitrogens with one attached hydrogen (secondary N) is 1. The molecular weight excluding hydrogens is 300 g/mol. The predicted octanol–water partition coefficient (Wildman–Crippen LogP) is 3.82. The van der Waals surface area contributed by atoms with Crippen LogP contribution < -0.4 is 5.43 Å². The number of rotatable bonds is 3.